The molecule has 0 saturated heterocycles. The number of nitrogens with zero attached hydrogens (tertiary/aromatic N) is 3. The van der Waals surface area contributed by atoms with Crippen LogP contribution in [-0.4, -0.2) is 53.2 Å². The number of amides is 1. The molecule has 0 aliphatic carbocycles. The number of aryl methyl sites for hydroxylation is 1. The Labute approximate surface area is 200 Å². The molecule has 0 fully saturated rings. The van der Waals surface area contributed by atoms with E-state index in [-0.39, 0.29) is 18.3 Å². The molecule has 0 radical (unpaired) electrons. The van der Waals surface area contributed by atoms with Gasteiger partial charge in [0.15, 0.2) is 22.5 Å². The Morgan fingerprint density at radius 1 is 1.12 bits per heavy atom. The van der Waals surface area contributed by atoms with Crippen LogP contribution in [0.5, 0.6) is 11.5 Å². The van der Waals surface area contributed by atoms with Crippen LogP contribution in [0.3, 0.4) is 0 Å². The summed E-state index contributed by atoms with van der Waals surface area (Å²) in [4.78, 5) is 25.8. The highest BCUT2D eigenvalue weighted by Gasteiger charge is 2.20. The lowest BCUT2D eigenvalue weighted by molar-refractivity contribution is -0.113. The minimum atomic E-state index is -0.440. The number of rotatable bonds is 10. The van der Waals surface area contributed by atoms with Crippen molar-refractivity contribution in [3.63, 3.8) is 0 Å². The van der Waals surface area contributed by atoms with E-state index in [0.717, 1.165) is 16.9 Å². The van der Waals surface area contributed by atoms with Crippen LogP contribution in [0.4, 0.5) is 5.00 Å². The molecule has 176 valence electrons. The highest BCUT2D eigenvalue weighted by molar-refractivity contribution is 7.99. The minimum Gasteiger partial charge on any atom is -0.493 e. The maximum atomic E-state index is 12.6. The zero-order chi connectivity index (χ0) is 24.0. The molecule has 1 aromatic carbocycles. The summed E-state index contributed by atoms with van der Waals surface area (Å²) in [6.45, 7) is 4.01. The van der Waals surface area contributed by atoms with Crippen molar-refractivity contribution < 1.29 is 23.8 Å². The Bertz CT molecular complexity index is 1140. The maximum absolute atomic E-state index is 12.6. The van der Waals surface area contributed by atoms with Crippen LogP contribution in [0.15, 0.2) is 29.4 Å². The maximum Gasteiger partial charge on any atom is 0.341 e. The Balaban J connectivity index is 1.69. The number of thiophene rings is 1. The molecule has 2 heterocycles. The van der Waals surface area contributed by atoms with Gasteiger partial charge in [-0.15, -0.1) is 21.5 Å². The number of esters is 1. The van der Waals surface area contributed by atoms with Crippen LogP contribution < -0.4 is 14.8 Å². The number of hydrogen-bond acceptors (Lipinski definition) is 9. The van der Waals surface area contributed by atoms with E-state index >= 15 is 0 Å². The molecule has 0 atom stereocenters. The zero-order valence-electron chi connectivity index (χ0n) is 19.1. The Morgan fingerprint density at radius 3 is 2.55 bits per heavy atom. The summed E-state index contributed by atoms with van der Waals surface area (Å²) in [6, 6.07) is 7.26. The quantitative estimate of drug-likeness (QED) is 0.336. The fourth-order valence-electron chi connectivity index (χ4n) is 3.03. The van der Waals surface area contributed by atoms with Crippen LogP contribution >= 0.6 is 23.1 Å². The van der Waals surface area contributed by atoms with Gasteiger partial charge in [-0.05, 0) is 37.6 Å². The Hall–Kier alpha value is -3.05. The van der Waals surface area contributed by atoms with E-state index in [0.29, 0.717) is 33.0 Å². The first-order valence-electron chi connectivity index (χ1n) is 10.3. The van der Waals surface area contributed by atoms with Crippen molar-refractivity contribution in [3.05, 3.63) is 34.7 Å². The second kappa shape index (κ2) is 11.2. The summed E-state index contributed by atoms with van der Waals surface area (Å²) in [5.41, 5.74) is 1.19. The summed E-state index contributed by atoms with van der Waals surface area (Å²) in [7, 11) is 4.98. The van der Waals surface area contributed by atoms with Crippen molar-refractivity contribution in [2.75, 3.05) is 31.9 Å². The normalized spacial score (nSPS) is 10.7. The van der Waals surface area contributed by atoms with Crippen molar-refractivity contribution in [1.29, 1.82) is 0 Å². The number of aromatic nitrogens is 3. The van der Waals surface area contributed by atoms with Crippen LogP contribution in [0.1, 0.15) is 29.1 Å². The molecular formula is C22H26N4O5S2. The number of benzene rings is 1. The van der Waals surface area contributed by atoms with Crippen molar-refractivity contribution in [2.24, 2.45) is 7.05 Å². The Morgan fingerprint density at radius 2 is 1.88 bits per heavy atom. The molecular weight excluding hydrogens is 464 g/mol. The van der Waals surface area contributed by atoms with Crippen LogP contribution in [-0.2, 0) is 23.0 Å². The van der Waals surface area contributed by atoms with Crippen LogP contribution in [0, 0.1) is 0 Å². The van der Waals surface area contributed by atoms with E-state index in [1.807, 2.05) is 30.7 Å². The van der Waals surface area contributed by atoms with E-state index in [9.17, 15) is 9.59 Å². The van der Waals surface area contributed by atoms with Crippen molar-refractivity contribution in [3.8, 4) is 22.9 Å². The predicted molar refractivity (Wildman–Crippen MR) is 129 cm³/mol. The van der Waals surface area contributed by atoms with Crippen molar-refractivity contribution in [1.82, 2.24) is 14.8 Å². The first-order chi connectivity index (χ1) is 15.9. The van der Waals surface area contributed by atoms with E-state index < -0.39 is 5.97 Å². The molecule has 0 aliphatic rings. The molecule has 1 amide bonds. The molecule has 11 heteroatoms. The highest BCUT2D eigenvalue weighted by Crippen LogP contribution is 2.33. The summed E-state index contributed by atoms with van der Waals surface area (Å²) >= 11 is 2.63. The van der Waals surface area contributed by atoms with Gasteiger partial charge in [-0.1, -0.05) is 18.7 Å². The number of hydrogen-bond donors (Lipinski definition) is 1. The molecule has 33 heavy (non-hydrogen) atoms. The largest absolute Gasteiger partial charge is 0.493 e. The number of ether oxygens (including phenoxy) is 3. The number of nitrogens with one attached hydrogen (secondary N) is 1. The molecule has 1 N–H and O–H groups in total. The monoisotopic (exact) mass is 490 g/mol. The van der Waals surface area contributed by atoms with Gasteiger partial charge in [-0.3, -0.25) is 4.79 Å². The molecule has 3 rings (SSSR count). The topological polar surface area (TPSA) is 105 Å². The van der Waals surface area contributed by atoms with Gasteiger partial charge in [0.2, 0.25) is 5.91 Å². The van der Waals surface area contributed by atoms with Gasteiger partial charge >= 0.3 is 5.97 Å². The van der Waals surface area contributed by atoms with Crippen molar-refractivity contribution in [2.45, 2.75) is 25.4 Å². The van der Waals surface area contributed by atoms with Gasteiger partial charge in [-0.2, -0.15) is 0 Å². The third-order valence-electron chi connectivity index (χ3n) is 4.69. The van der Waals surface area contributed by atoms with E-state index in [2.05, 4.69) is 15.5 Å². The predicted octanol–water partition coefficient (Wildman–Crippen LogP) is 4.03. The van der Waals surface area contributed by atoms with Crippen LogP contribution in [0.2, 0.25) is 0 Å². The summed E-state index contributed by atoms with van der Waals surface area (Å²) < 4.78 is 17.5. The number of thioether (sulfide) groups is 1. The van der Waals surface area contributed by atoms with E-state index in [1.165, 1.54) is 23.1 Å². The average molecular weight is 491 g/mol. The molecule has 2 aromatic heterocycles. The number of carbonyl (C=O) groups is 2. The lowest BCUT2D eigenvalue weighted by Crippen LogP contribution is -2.16. The summed E-state index contributed by atoms with van der Waals surface area (Å²) in [5, 5.41) is 12.4. The lowest BCUT2D eigenvalue weighted by Gasteiger charge is -2.09. The molecule has 0 saturated carbocycles. The smallest absolute Gasteiger partial charge is 0.341 e. The highest BCUT2D eigenvalue weighted by atomic mass is 32.2. The molecule has 9 nitrogen and oxygen atoms in total. The number of anilines is 1. The van der Waals surface area contributed by atoms with Gasteiger partial charge in [0.05, 0.1) is 32.1 Å². The fourth-order valence-corrected chi connectivity index (χ4v) is 4.74. The molecule has 0 spiro atoms. The molecule has 0 unspecified atom stereocenters. The average Bonchev–Trinajstić information content (AvgIpc) is 3.40. The third-order valence-corrected chi connectivity index (χ3v) is 6.90. The summed E-state index contributed by atoms with van der Waals surface area (Å²) in [6.07, 6.45) is 0.763. The standard InChI is InChI=1S/C22H26N4O5S2/c1-6-14-11-15(21(28)31-7-2)20(33-14)23-18(27)12-32-22-25-24-19(26(22)3)13-8-9-16(29-4)17(10-13)30-5/h8-11H,6-7,12H2,1-5H3,(H,23,27). The molecule has 0 aliphatic heterocycles. The second-order valence-corrected chi connectivity index (χ2v) is 8.88. The van der Waals surface area contributed by atoms with Crippen LogP contribution in [0.25, 0.3) is 11.4 Å². The number of carbonyl (C=O) groups excluding carboxylic acids is 2. The van der Waals surface area contributed by atoms with Gasteiger partial charge < -0.3 is 24.1 Å². The van der Waals surface area contributed by atoms with E-state index in [4.69, 9.17) is 14.2 Å². The van der Waals surface area contributed by atoms with Gasteiger partial charge in [0.25, 0.3) is 0 Å². The van der Waals surface area contributed by atoms with Gasteiger partial charge in [0.1, 0.15) is 5.00 Å². The summed E-state index contributed by atoms with van der Waals surface area (Å²) in [5.74, 6) is 1.27. The van der Waals surface area contributed by atoms with Gasteiger partial charge in [-0.25, -0.2) is 4.79 Å². The van der Waals surface area contributed by atoms with Crippen molar-refractivity contribution >= 4 is 40.0 Å². The lowest BCUT2D eigenvalue weighted by atomic mass is 10.2. The SMILES string of the molecule is CCOC(=O)c1cc(CC)sc1NC(=O)CSc1nnc(-c2ccc(OC)c(OC)c2)n1C. The zero-order valence-corrected chi connectivity index (χ0v) is 20.8. The van der Waals surface area contributed by atoms with Gasteiger partial charge in [0, 0.05) is 17.5 Å². The van der Waals surface area contributed by atoms with E-state index in [1.54, 1.807) is 33.3 Å². The first-order valence-corrected chi connectivity index (χ1v) is 12.1. The third kappa shape index (κ3) is 5.66. The number of methoxy groups -OCH3 is 2. The molecule has 3 aromatic rings. The second-order valence-electron chi connectivity index (χ2n) is 6.80. The first kappa shape index (κ1) is 24.6. The minimum absolute atomic E-state index is 0.111. The Kier molecular flexibility index (Phi) is 8.34. The fraction of sp³-hybridized carbons (Fsp3) is 0.364. The molecule has 0 bridgehead atoms.